The summed E-state index contributed by atoms with van der Waals surface area (Å²) in [6.07, 6.45) is -0.739. The van der Waals surface area contributed by atoms with E-state index < -0.39 is 24.5 Å². The summed E-state index contributed by atoms with van der Waals surface area (Å²) in [4.78, 5) is 41.0. The Kier molecular flexibility index (Phi) is 9.93. The van der Waals surface area contributed by atoms with E-state index in [1.54, 1.807) is 10.9 Å². The minimum absolute atomic E-state index is 0.0599. The van der Waals surface area contributed by atoms with Crippen LogP contribution in [0.2, 0.25) is 0 Å². The Morgan fingerprint density at radius 3 is 2.51 bits per heavy atom. The first-order chi connectivity index (χ1) is 21.0. The van der Waals surface area contributed by atoms with Gasteiger partial charge in [-0.25, -0.2) is 4.98 Å². The number of nitrogens with zero attached hydrogens (tertiary/aromatic N) is 9. The van der Waals surface area contributed by atoms with Gasteiger partial charge in [0.15, 0.2) is 41.5 Å². The van der Waals surface area contributed by atoms with Crippen LogP contribution in [-0.4, -0.2) is 115 Å². The Labute approximate surface area is 248 Å². The number of rotatable bonds is 15. The predicted octanol–water partition coefficient (Wildman–Crippen LogP) is 1.09. The molecule has 17 nitrogen and oxygen atoms in total. The molecule has 2 N–H and O–H groups in total. The van der Waals surface area contributed by atoms with Crippen molar-refractivity contribution in [1.82, 2.24) is 44.6 Å². The lowest BCUT2D eigenvalue weighted by atomic mass is 10.1. The van der Waals surface area contributed by atoms with Gasteiger partial charge in [-0.05, 0) is 31.9 Å². The maximum atomic E-state index is 11.6. The van der Waals surface area contributed by atoms with Crippen molar-refractivity contribution in [3.8, 4) is 0 Å². The summed E-state index contributed by atoms with van der Waals surface area (Å²) < 4.78 is 24.2. The zero-order chi connectivity index (χ0) is 30.3. The van der Waals surface area contributed by atoms with Crippen LogP contribution in [0.15, 0.2) is 6.33 Å². The minimum Gasteiger partial charge on any atom is -0.457 e. The van der Waals surface area contributed by atoms with Crippen molar-refractivity contribution in [2.75, 3.05) is 50.0 Å². The van der Waals surface area contributed by atoms with Gasteiger partial charge in [-0.2, -0.15) is 14.8 Å². The standard InChI is InChI=1S/C26H39N11O6/c1-5-17(6-2)29-22-18-24(31-26(30-22)27-7-8-35-9-11-40-12-10-35)36(13-28-18)25-21(42-15-39)19(41-14-38)20(43-25)23-32-34-37(33-23)16(3)4/h13-17,19-21,25H,5-12H2,1-4H3,(H2,27,29,30,31)/t19-,20+,21-,25-/m1/s1. The van der Waals surface area contributed by atoms with E-state index in [2.05, 4.69) is 49.8 Å². The highest BCUT2D eigenvalue weighted by Crippen LogP contribution is 2.42. The largest absolute Gasteiger partial charge is 0.457 e. The number of nitrogens with one attached hydrogen (secondary N) is 2. The fourth-order valence-corrected chi connectivity index (χ4v) is 5.18. The minimum atomic E-state index is -1.06. The van der Waals surface area contributed by atoms with Crippen LogP contribution >= 0.6 is 0 Å². The van der Waals surface area contributed by atoms with Gasteiger partial charge in [0.05, 0.1) is 25.6 Å². The molecule has 4 atom stereocenters. The van der Waals surface area contributed by atoms with Crippen molar-refractivity contribution >= 4 is 35.9 Å². The molecule has 43 heavy (non-hydrogen) atoms. The van der Waals surface area contributed by atoms with Gasteiger partial charge in [0.25, 0.3) is 12.9 Å². The third-order valence-corrected chi connectivity index (χ3v) is 7.61. The van der Waals surface area contributed by atoms with Gasteiger partial charge in [-0.1, -0.05) is 13.8 Å². The molecule has 2 saturated heterocycles. The first-order valence-electron chi connectivity index (χ1n) is 14.6. The number of hydrogen-bond acceptors (Lipinski definition) is 15. The van der Waals surface area contributed by atoms with Gasteiger partial charge in [-0.15, -0.1) is 10.2 Å². The molecule has 5 rings (SSSR count). The smallest absolute Gasteiger partial charge is 0.293 e. The monoisotopic (exact) mass is 601 g/mol. The number of anilines is 2. The molecule has 17 heteroatoms. The van der Waals surface area contributed by atoms with Crippen LogP contribution in [0.5, 0.6) is 0 Å². The summed E-state index contributed by atoms with van der Waals surface area (Å²) in [5.74, 6) is 1.15. The number of ether oxygens (including phenoxy) is 4. The van der Waals surface area contributed by atoms with Crippen LogP contribution in [0.3, 0.4) is 0 Å². The summed E-state index contributed by atoms with van der Waals surface area (Å²) in [5, 5.41) is 19.4. The first kappa shape index (κ1) is 30.5. The van der Waals surface area contributed by atoms with Crippen LogP contribution in [0.4, 0.5) is 11.8 Å². The SMILES string of the molecule is CCC(CC)Nc1nc(NCCN2CCOCC2)nc2c1ncn2[C@@H]1O[C@H](c2nnn(C(C)C)n2)[C@@H](OC=O)[C@H]1OC=O. The summed E-state index contributed by atoms with van der Waals surface area (Å²) in [7, 11) is 0. The lowest BCUT2D eigenvalue weighted by Crippen LogP contribution is -2.39. The normalized spacial score (nSPS) is 22.7. The van der Waals surface area contributed by atoms with Crippen molar-refractivity contribution < 1.29 is 28.5 Å². The average molecular weight is 602 g/mol. The number of carbonyl (C=O) groups excluding carboxylic acids is 2. The molecule has 5 heterocycles. The molecule has 0 radical (unpaired) electrons. The molecule has 2 aliphatic rings. The molecule has 2 aliphatic heterocycles. The third kappa shape index (κ3) is 6.67. The quantitative estimate of drug-likeness (QED) is 0.236. The lowest BCUT2D eigenvalue weighted by Gasteiger charge is -2.26. The molecule has 3 aromatic heterocycles. The number of tetrazole rings is 1. The average Bonchev–Trinajstić information content (AvgIpc) is 3.75. The molecule has 0 aliphatic carbocycles. The summed E-state index contributed by atoms with van der Waals surface area (Å²) >= 11 is 0. The van der Waals surface area contributed by atoms with Crippen molar-refractivity contribution in [3.05, 3.63) is 12.2 Å². The zero-order valence-corrected chi connectivity index (χ0v) is 24.8. The second-order valence-corrected chi connectivity index (χ2v) is 10.7. The molecule has 3 aromatic rings. The Hall–Kier alpha value is -3.96. The van der Waals surface area contributed by atoms with E-state index in [1.807, 2.05) is 13.8 Å². The van der Waals surface area contributed by atoms with E-state index in [0.717, 1.165) is 45.7 Å². The summed E-state index contributed by atoms with van der Waals surface area (Å²) in [6.45, 7) is 13.2. The highest BCUT2D eigenvalue weighted by molar-refractivity contribution is 5.84. The molecule has 0 saturated carbocycles. The van der Waals surface area contributed by atoms with Crippen LogP contribution in [-0.2, 0) is 28.5 Å². The highest BCUT2D eigenvalue weighted by Gasteiger charge is 2.52. The van der Waals surface area contributed by atoms with Gasteiger partial charge in [-0.3, -0.25) is 19.1 Å². The van der Waals surface area contributed by atoms with Crippen molar-refractivity contribution in [2.45, 2.75) is 77.2 Å². The molecular formula is C26H39N11O6. The number of hydrogen-bond donors (Lipinski definition) is 2. The van der Waals surface area contributed by atoms with Crippen LogP contribution in [0, 0.1) is 0 Å². The predicted molar refractivity (Wildman–Crippen MR) is 152 cm³/mol. The maximum absolute atomic E-state index is 11.6. The molecule has 0 bridgehead atoms. The Balaban J connectivity index is 1.50. The molecule has 0 aromatic carbocycles. The summed E-state index contributed by atoms with van der Waals surface area (Å²) in [5.41, 5.74) is 0.949. The van der Waals surface area contributed by atoms with Gasteiger partial charge >= 0.3 is 0 Å². The topological polar surface area (TPSA) is 186 Å². The van der Waals surface area contributed by atoms with Crippen LogP contribution in [0.25, 0.3) is 11.2 Å². The number of morpholine rings is 1. The van der Waals surface area contributed by atoms with Gasteiger partial charge in [0.1, 0.15) is 0 Å². The van der Waals surface area contributed by atoms with E-state index in [4.69, 9.17) is 28.9 Å². The Bertz CT molecular complexity index is 1360. The molecule has 234 valence electrons. The fraction of sp³-hybridized carbons (Fsp3) is 0.692. The second kappa shape index (κ2) is 14.0. The number of aromatic nitrogens is 8. The van der Waals surface area contributed by atoms with Gasteiger partial charge < -0.3 is 29.6 Å². The fourth-order valence-electron chi connectivity index (χ4n) is 5.18. The Morgan fingerprint density at radius 2 is 1.84 bits per heavy atom. The number of carbonyl (C=O) groups is 2. The highest BCUT2D eigenvalue weighted by atomic mass is 16.6. The molecular weight excluding hydrogens is 562 g/mol. The van der Waals surface area contributed by atoms with E-state index in [9.17, 15) is 9.59 Å². The lowest BCUT2D eigenvalue weighted by molar-refractivity contribution is -0.151. The maximum Gasteiger partial charge on any atom is 0.293 e. The van der Waals surface area contributed by atoms with E-state index >= 15 is 0 Å². The van der Waals surface area contributed by atoms with Crippen molar-refractivity contribution in [2.24, 2.45) is 0 Å². The number of imidazole rings is 1. The van der Waals surface area contributed by atoms with Gasteiger partial charge in [0, 0.05) is 32.2 Å². The third-order valence-electron chi connectivity index (χ3n) is 7.61. The zero-order valence-electron chi connectivity index (χ0n) is 24.8. The molecule has 0 amide bonds. The van der Waals surface area contributed by atoms with E-state index in [0.29, 0.717) is 29.5 Å². The second-order valence-electron chi connectivity index (χ2n) is 10.7. The molecule has 2 fully saturated rings. The number of fused-ring (bicyclic) bond motifs is 1. The molecule has 0 unspecified atom stereocenters. The first-order valence-corrected chi connectivity index (χ1v) is 14.6. The molecule has 0 spiro atoms. The van der Waals surface area contributed by atoms with Crippen molar-refractivity contribution in [1.29, 1.82) is 0 Å². The van der Waals surface area contributed by atoms with Crippen molar-refractivity contribution in [3.63, 3.8) is 0 Å². The van der Waals surface area contributed by atoms with Gasteiger partial charge in [0.2, 0.25) is 11.8 Å². The van der Waals surface area contributed by atoms with E-state index in [-0.39, 0.29) is 30.9 Å². The summed E-state index contributed by atoms with van der Waals surface area (Å²) in [6, 6.07) is 0.109. The van der Waals surface area contributed by atoms with Crippen LogP contribution in [0.1, 0.15) is 64.7 Å². The Morgan fingerprint density at radius 1 is 1.09 bits per heavy atom. The van der Waals surface area contributed by atoms with Crippen LogP contribution < -0.4 is 10.6 Å². The van der Waals surface area contributed by atoms with E-state index in [1.165, 1.54) is 4.80 Å².